The number of aromatic nitrogens is 1. The molecule has 1 aromatic heterocycles. The van der Waals surface area contributed by atoms with Crippen molar-refractivity contribution in [3.05, 3.63) is 70.2 Å². The number of carbonyl (C=O) groups is 1. The van der Waals surface area contributed by atoms with Gasteiger partial charge in [-0.05, 0) is 38.0 Å². The molecule has 8 heteroatoms. The zero-order valence-electron chi connectivity index (χ0n) is 15.1. The van der Waals surface area contributed by atoms with Crippen LogP contribution in [0, 0.1) is 20.8 Å². The van der Waals surface area contributed by atoms with E-state index >= 15 is 0 Å². The number of nitrogens with one attached hydrogen (secondary N) is 2. The third kappa shape index (κ3) is 4.24. The van der Waals surface area contributed by atoms with Crippen LogP contribution in [0.3, 0.4) is 0 Å². The minimum absolute atomic E-state index is 0.133. The second-order valence-electron chi connectivity index (χ2n) is 6.13. The van der Waals surface area contributed by atoms with Crippen LogP contribution in [0.1, 0.15) is 26.5 Å². The maximum Gasteiger partial charge on any atom is 0.278 e. The van der Waals surface area contributed by atoms with Crippen molar-refractivity contribution in [1.82, 2.24) is 15.2 Å². The van der Waals surface area contributed by atoms with E-state index in [9.17, 15) is 13.2 Å². The second kappa shape index (κ2) is 7.59. The lowest BCUT2D eigenvalue weighted by atomic mass is 10.2. The number of thiazole rings is 1. The first kappa shape index (κ1) is 19.2. The van der Waals surface area contributed by atoms with Crippen LogP contribution in [0.4, 0.5) is 0 Å². The predicted octanol–water partition coefficient (Wildman–Crippen LogP) is 3.36. The number of benzene rings is 2. The van der Waals surface area contributed by atoms with Crippen molar-refractivity contribution < 1.29 is 13.2 Å². The van der Waals surface area contributed by atoms with Gasteiger partial charge in [-0.1, -0.05) is 42.5 Å². The fraction of sp³-hybridized carbons (Fsp3) is 0.158. The van der Waals surface area contributed by atoms with Crippen molar-refractivity contribution in [2.75, 3.05) is 0 Å². The topological polar surface area (TPSA) is 88.2 Å². The third-order valence-corrected chi connectivity index (χ3v) is 6.55. The Labute approximate surface area is 162 Å². The van der Waals surface area contributed by atoms with E-state index in [4.69, 9.17) is 0 Å². The van der Waals surface area contributed by atoms with Gasteiger partial charge in [0.05, 0.1) is 10.6 Å². The van der Waals surface area contributed by atoms with E-state index in [-0.39, 0.29) is 4.90 Å². The lowest BCUT2D eigenvalue weighted by molar-refractivity contribution is 0.0948. The van der Waals surface area contributed by atoms with Crippen molar-refractivity contribution in [1.29, 1.82) is 0 Å². The molecule has 0 saturated heterocycles. The molecule has 2 N–H and O–H groups in total. The fourth-order valence-corrected chi connectivity index (χ4v) is 4.67. The van der Waals surface area contributed by atoms with Crippen LogP contribution in [-0.4, -0.2) is 19.3 Å². The van der Waals surface area contributed by atoms with Crippen molar-refractivity contribution >= 4 is 27.3 Å². The summed E-state index contributed by atoms with van der Waals surface area (Å²) in [5, 5.41) is 0.704. The van der Waals surface area contributed by atoms with Crippen molar-refractivity contribution in [2.24, 2.45) is 0 Å². The summed E-state index contributed by atoms with van der Waals surface area (Å²) in [7, 11) is -3.87. The molecule has 1 heterocycles. The minimum Gasteiger partial charge on any atom is -0.273 e. The summed E-state index contributed by atoms with van der Waals surface area (Å²) in [6.45, 7) is 5.23. The number of hydrogen-bond donors (Lipinski definition) is 2. The number of sulfonamides is 1. The Kier molecular flexibility index (Phi) is 5.41. The zero-order chi connectivity index (χ0) is 19.6. The molecule has 0 atom stereocenters. The number of nitrogens with zero attached hydrogens (tertiary/aromatic N) is 1. The molecule has 0 aliphatic heterocycles. The van der Waals surface area contributed by atoms with E-state index in [1.165, 1.54) is 11.3 Å². The first-order valence-corrected chi connectivity index (χ1v) is 10.5. The van der Waals surface area contributed by atoms with E-state index < -0.39 is 15.9 Å². The molecule has 6 nitrogen and oxygen atoms in total. The highest BCUT2D eigenvalue weighted by atomic mass is 32.2. The quantitative estimate of drug-likeness (QED) is 0.642. The van der Waals surface area contributed by atoms with E-state index in [2.05, 4.69) is 15.2 Å². The zero-order valence-corrected chi connectivity index (χ0v) is 16.7. The monoisotopic (exact) mass is 401 g/mol. The van der Waals surface area contributed by atoms with Gasteiger partial charge >= 0.3 is 0 Å². The molecule has 0 aliphatic carbocycles. The molecule has 0 radical (unpaired) electrons. The molecule has 0 bridgehead atoms. The molecule has 0 unspecified atom stereocenters. The normalized spacial score (nSPS) is 11.4. The molecular formula is C19H19N3O3S2. The number of carbonyl (C=O) groups excluding carboxylic acids is 1. The summed E-state index contributed by atoms with van der Waals surface area (Å²) >= 11 is 1.21. The molecule has 0 aliphatic rings. The average Bonchev–Trinajstić information content (AvgIpc) is 3.04. The van der Waals surface area contributed by atoms with Gasteiger partial charge in [0.25, 0.3) is 15.9 Å². The number of rotatable bonds is 5. The van der Waals surface area contributed by atoms with Crippen molar-refractivity contribution in [2.45, 2.75) is 25.7 Å². The highest BCUT2D eigenvalue weighted by molar-refractivity contribution is 7.89. The van der Waals surface area contributed by atoms with Gasteiger partial charge in [0.2, 0.25) is 0 Å². The molecule has 0 fully saturated rings. The van der Waals surface area contributed by atoms with E-state index in [1.807, 2.05) is 43.3 Å². The summed E-state index contributed by atoms with van der Waals surface area (Å²) in [5.74, 6) is -0.541. The Bertz CT molecular complexity index is 1090. The SMILES string of the molecule is Cc1ccc(C)c(S(=O)(=O)NNC(=O)c2sc(-c3ccccc3)nc2C)c1. The van der Waals surface area contributed by atoms with Gasteiger partial charge in [-0.25, -0.2) is 13.4 Å². The average molecular weight is 402 g/mol. The molecule has 3 rings (SSSR count). The Hall–Kier alpha value is -2.55. The van der Waals surface area contributed by atoms with Crippen LogP contribution in [0.15, 0.2) is 53.4 Å². The van der Waals surface area contributed by atoms with Crippen LogP contribution in [0.25, 0.3) is 10.6 Å². The van der Waals surface area contributed by atoms with Gasteiger partial charge in [-0.3, -0.25) is 10.2 Å². The Morgan fingerprint density at radius 3 is 2.44 bits per heavy atom. The molecule has 2 aromatic carbocycles. The molecule has 3 aromatic rings. The lowest BCUT2D eigenvalue weighted by Crippen LogP contribution is -2.41. The van der Waals surface area contributed by atoms with Crippen LogP contribution < -0.4 is 10.3 Å². The number of aryl methyl sites for hydroxylation is 3. The highest BCUT2D eigenvalue weighted by Crippen LogP contribution is 2.27. The maximum absolute atomic E-state index is 12.5. The number of hydrogen-bond acceptors (Lipinski definition) is 5. The molecule has 27 heavy (non-hydrogen) atoms. The summed E-state index contributed by atoms with van der Waals surface area (Å²) in [4.78, 5) is 19.5. The molecule has 0 spiro atoms. The Balaban J connectivity index is 1.78. The minimum atomic E-state index is -3.87. The van der Waals surface area contributed by atoms with E-state index in [0.29, 0.717) is 21.1 Å². The van der Waals surface area contributed by atoms with E-state index in [0.717, 1.165) is 11.1 Å². The predicted molar refractivity (Wildman–Crippen MR) is 106 cm³/mol. The van der Waals surface area contributed by atoms with Crippen LogP contribution in [0.5, 0.6) is 0 Å². The molecular weight excluding hydrogens is 382 g/mol. The molecule has 140 valence electrons. The number of hydrazine groups is 1. The first-order chi connectivity index (χ1) is 12.8. The van der Waals surface area contributed by atoms with Gasteiger partial charge in [-0.15, -0.1) is 16.2 Å². The Morgan fingerprint density at radius 1 is 1.04 bits per heavy atom. The van der Waals surface area contributed by atoms with Crippen LogP contribution in [-0.2, 0) is 10.0 Å². The summed E-state index contributed by atoms with van der Waals surface area (Å²) < 4.78 is 25.0. The lowest BCUT2D eigenvalue weighted by Gasteiger charge is -2.10. The summed E-state index contributed by atoms with van der Waals surface area (Å²) in [5.41, 5.74) is 5.15. The smallest absolute Gasteiger partial charge is 0.273 e. The molecule has 0 saturated carbocycles. The number of amides is 1. The highest BCUT2D eigenvalue weighted by Gasteiger charge is 2.21. The molecule has 1 amide bonds. The fourth-order valence-electron chi connectivity index (χ4n) is 2.53. The van der Waals surface area contributed by atoms with Gasteiger partial charge in [0.15, 0.2) is 0 Å². The first-order valence-electron chi connectivity index (χ1n) is 8.20. The summed E-state index contributed by atoms with van der Waals surface area (Å²) in [6.07, 6.45) is 0. The largest absolute Gasteiger partial charge is 0.278 e. The van der Waals surface area contributed by atoms with Gasteiger partial charge < -0.3 is 0 Å². The Morgan fingerprint density at radius 2 is 1.74 bits per heavy atom. The maximum atomic E-state index is 12.5. The van der Waals surface area contributed by atoms with Gasteiger partial charge in [-0.2, -0.15) is 0 Å². The summed E-state index contributed by atoms with van der Waals surface area (Å²) in [6, 6.07) is 14.6. The van der Waals surface area contributed by atoms with E-state index in [1.54, 1.807) is 26.0 Å². The van der Waals surface area contributed by atoms with Crippen molar-refractivity contribution in [3.63, 3.8) is 0 Å². The second-order valence-corrected chi connectivity index (χ2v) is 8.78. The van der Waals surface area contributed by atoms with Gasteiger partial charge in [0.1, 0.15) is 9.88 Å². The van der Waals surface area contributed by atoms with Gasteiger partial charge in [0, 0.05) is 5.56 Å². The standard InChI is InChI=1S/C19H19N3O3S2/c1-12-9-10-13(2)16(11-12)27(24,25)22-21-18(23)17-14(3)20-19(26-17)15-7-5-4-6-8-15/h4-11,22H,1-3H3,(H,21,23). The van der Waals surface area contributed by atoms with Crippen LogP contribution in [0.2, 0.25) is 0 Å². The van der Waals surface area contributed by atoms with Crippen molar-refractivity contribution in [3.8, 4) is 10.6 Å². The van der Waals surface area contributed by atoms with Crippen LogP contribution >= 0.6 is 11.3 Å². The third-order valence-electron chi connectivity index (χ3n) is 3.96.